The third-order valence-corrected chi connectivity index (χ3v) is 7.56. The van der Waals surface area contributed by atoms with Crippen molar-refractivity contribution in [2.24, 2.45) is 5.92 Å². The Bertz CT molecular complexity index is 1140. The Hall–Kier alpha value is -2.16. The molecule has 8 heteroatoms. The minimum atomic E-state index is -0.109. The molecule has 0 fully saturated rings. The van der Waals surface area contributed by atoms with E-state index in [1.807, 2.05) is 37.3 Å². The number of fused-ring (bicyclic) bond motifs is 3. The van der Waals surface area contributed by atoms with Crippen LogP contribution in [0.2, 0.25) is 0 Å². The van der Waals surface area contributed by atoms with Gasteiger partial charge in [-0.25, -0.2) is 4.98 Å². The van der Waals surface area contributed by atoms with E-state index in [-0.39, 0.29) is 23.3 Å². The molecule has 1 aliphatic rings. The van der Waals surface area contributed by atoms with Gasteiger partial charge in [0.2, 0.25) is 5.91 Å². The zero-order chi connectivity index (χ0) is 22.0. The summed E-state index contributed by atoms with van der Waals surface area (Å²) in [4.78, 5) is 33.0. The van der Waals surface area contributed by atoms with Gasteiger partial charge in [-0.3, -0.25) is 14.2 Å². The van der Waals surface area contributed by atoms with E-state index in [2.05, 4.69) is 12.2 Å². The number of carbonyl (C=O) groups is 1. The minimum absolute atomic E-state index is 0.0427. The first kappa shape index (κ1) is 22.0. The van der Waals surface area contributed by atoms with Gasteiger partial charge in [-0.1, -0.05) is 36.9 Å². The Morgan fingerprint density at radius 2 is 2.16 bits per heavy atom. The predicted octanol–water partition coefficient (Wildman–Crippen LogP) is 3.82. The van der Waals surface area contributed by atoms with E-state index in [1.165, 1.54) is 22.2 Å². The Balaban J connectivity index is 1.73. The van der Waals surface area contributed by atoms with Gasteiger partial charge in [0.15, 0.2) is 5.16 Å². The van der Waals surface area contributed by atoms with Gasteiger partial charge < -0.3 is 10.1 Å². The van der Waals surface area contributed by atoms with Gasteiger partial charge in [0.25, 0.3) is 5.56 Å². The number of rotatable bonds is 7. The van der Waals surface area contributed by atoms with Crippen molar-refractivity contribution in [3.8, 4) is 5.69 Å². The van der Waals surface area contributed by atoms with Crippen molar-refractivity contribution in [1.82, 2.24) is 14.9 Å². The molecule has 2 aromatic heterocycles. The van der Waals surface area contributed by atoms with Crippen molar-refractivity contribution in [3.63, 3.8) is 0 Å². The highest BCUT2D eigenvalue weighted by atomic mass is 32.2. The van der Waals surface area contributed by atoms with Gasteiger partial charge in [0.05, 0.1) is 23.4 Å². The second-order valence-electron chi connectivity index (χ2n) is 8.11. The average molecular weight is 458 g/mol. The smallest absolute Gasteiger partial charge is 0.267 e. The van der Waals surface area contributed by atoms with Crippen molar-refractivity contribution in [3.05, 3.63) is 51.1 Å². The van der Waals surface area contributed by atoms with Crippen LogP contribution in [0.4, 0.5) is 0 Å². The topological polar surface area (TPSA) is 73.2 Å². The number of carbonyl (C=O) groups excluding carboxylic acids is 1. The Labute approximate surface area is 190 Å². The van der Waals surface area contributed by atoms with Gasteiger partial charge >= 0.3 is 0 Å². The van der Waals surface area contributed by atoms with E-state index in [9.17, 15) is 9.59 Å². The normalized spacial score (nSPS) is 16.8. The molecule has 0 saturated carbocycles. The number of nitrogens with one attached hydrogen (secondary N) is 1. The first-order valence-corrected chi connectivity index (χ1v) is 12.3. The van der Waals surface area contributed by atoms with Crippen molar-refractivity contribution >= 4 is 39.2 Å². The van der Waals surface area contributed by atoms with E-state index in [1.54, 1.807) is 23.0 Å². The number of ether oxygens (including phenoxy) is 1. The molecule has 0 saturated heterocycles. The number of para-hydroxylation sites is 1. The van der Waals surface area contributed by atoms with Crippen LogP contribution in [0.1, 0.15) is 30.7 Å². The molecule has 2 unspecified atom stereocenters. The van der Waals surface area contributed by atoms with E-state index in [0.717, 1.165) is 35.2 Å². The summed E-state index contributed by atoms with van der Waals surface area (Å²) in [6.45, 7) is 4.61. The van der Waals surface area contributed by atoms with E-state index in [4.69, 9.17) is 9.72 Å². The third kappa shape index (κ3) is 4.71. The van der Waals surface area contributed by atoms with Gasteiger partial charge in [-0.15, -0.1) is 11.3 Å². The molecule has 2 atom stereocenters. The molecular formula is C23H27N3O3S2. The van der Waals surface area contributed by atoms with Crippen molar-refractivity contribution in [2.45, 2.75) is 44.3 Å². The van der Waals surface area contributed by atoms with E-state index >= 15 is 0 Å². The van der Waals surface area contributed by atoms with Crippen LogP contribution in [0.15, 0.2) is 40.3 Å². The highest BCUT2D eigenvalue weighted by molar-refractivity contribution is 7.99. The lowest BCUT2D eigenvalue weighted by Crippen LogP contribution is -2.36. The molecule has 164 valence electrons. The van der Waals surface area contributed by atoms with Crippen LogP contribution in [0.3, 0.4) is 0 Å². The number of thiophene rings is 1. The van der Waals surface area contributed by atoms with Crippen LogP contribution in [-0.4, -0.2) is 41.0 Å². The maximum atomic E-state index is 13.7. The summed E-state index contributed by atoms with van der Waals surface area (Å²) in [5.41, 5.74) is 1.89. The predicted molar refractivity (Wildman–Crippen MR) is 127 cm³/mol. The molecule has 1 aliphatic carbocycles. The van der Waals surface area contributed by atoms with Crippen molar-refractivity contribution in [2.75, 3.05) is 19.5 Å². The molecular weight excluding hydrogens is 430 g/mol. The first-order chi connectivity index (χ1) is 15.0. The maximum absolute atomic E-state index is 13.7. The molecule has 0 spiro atoms. The zero-order valence-electron chi connectivity index (χ0n) is 18.0. The number of hydrogen-bond acceptors (Lipinski definition) is 6. The molecule has 1 amide bonds. The zero-order valence-corrected chi connectivity index (χ0v) is 19.6. The van der Waals surface area contributed by atoms with Crippen LogP contribution in [0.25, 0.3) is 15.9 Å². The monoisotopic (exact) mass is 457 g/mol. The van der Waals surface area contributed by atoms with Gasteiger partial charge in [0.1, 0.15) is 4.83 Å². The van der Waals surface area contributed by atoms with E-state index < -0.39 is 0 Å². The summed E-state index contributed by atoms with van der Waals surface area (Å²) >= 11 is 2.92. The number of aromatic nitrogens is 2. The molecule has 31 heavy (non-hydrogen) atoms. The lowest BCUT2D eigenvalue weighted by atomic mass is 9.89. The number of methoxy groups -OCH3 is 1. The summed E-state index contributed by atoms with van der Waals surface area (Å²) in [5.74, 6) is 0.701. The quantitative estimate of drug-likeness (QED) is 0.431. The number of nitrogens with zero attached hydrogens (tertiary/aromatic N) is 2. The molecule has 2 heterocycles. The Morgan fingerprint density at radius 3 is 2.90 bits per heavy atom. The van der Waals surface area contributed by atoms with Crippen LogP contribution >= 0.6 is 23.1 Å². The second-order valence-corrected chi connectivity index (χ2v) is 10.1. The number of aryl methyl sites for hydroxylation is 1. The van der Waals surface area contributed by atoms with Crippen molar-refractivity contribution < 1.29 is 9.53 Å². The highest BCUT2D eigenvalue weighted by Gasteiger charge is 2.25. The summed E-state index contributed by atoms with van der Waals surface area (Å²) in [7, 11) is 1.61. The van der Waals surface area contributed by atoms with Crippen LogP contribution in [0, 0.1) is 5.92 Å². The van der Waals surface area contributed by atoms with Crippen LogP contribution in [-0.2, 0) is 22.4 Å². The molecule has 0 aliphatic heterocycles. The second kappa shape index (κ2) is 9.54. The lowest BCUT2D eigenvalue weighted by Gasteiger charge is -2.18. The molecule has 1 N–H and O–H groups in total. The van der Waals surface area contributed by atoms with Crippen molar-refractivity contribution in [1.29, 1.82) is 0 Å². The lowest BCUT2D eigenvalue weighted by molar-refractivity contribution is -0.119. The number of benzene rings is 1. The fourth-order valence-corrected chi connectivity index (χ4v) is 6.26. The average Bonchev–Trinajstić information content (AvgIpc) is 3.10. The molecule has 1 aromatic carbocycles. The number of amides is 1. The fraction of sp³-hybridized carbons (Fsp3) is 0.435. The summed E-state index contributed by atoms with van der Waals surface area (Å²) in [6.07, 6.45) is 3.03. The Morgan fingerprint density at radius 1 is 1.39 bits per heavy atom. The SMILES string of the molecule is COCC(C)NC(=O)CSc1nc2sc3c(c2c(=O)n1-c1ccccc1)CCC(C)C3. The molecule has 0 bridgehead atoms. The molecule has 6 nitrogen and oxygen atoms in total. The molecule has 3 aromatic rings. The van der Waals surface area contributed by atoms with Gasteiger partial charge in [-0.05, 0) is 49.8 Å². The van der Waals surface area contributed by atoms with Gasteiger partial charge in [0, 0.05) is 18.0 Å². The van der Waals surface area contributed by atoms with Crippen LogP contribution in [0.5, 0.6) is 0 Å². The third-order valence-electron chi connectivity index (χ3n) is 5.47. The largest absolute Gasteiger partial charge is 0.383 e. The number of hydrogen-bond donors (Lipinski definition) is 1. The molecule has 4 rings (SSSR count). The minimum Gasteiger partial charge on any atom is -0.383 e. The molecule has 0 radical (unpaired) electrons. The van der Waals surface area contributed by atoms with Gasteiger partial charge in [-0.2, -0.15) is 0 Å². The van der Waals surface area contributed by atoms with E-state index in [0.29, 0.717) is 17.7 Å². The standard InChI is InChI=1S/C23H27N3O3S2/c1-14-9-10-17-18(11-14)31-21-20(17)22(28)26(16-7-5-4-6-8-16)23(25-21)30-13-19(27)24-15(2)12-29-3/h4-8,14-15H,9-13H2,1-3H3,(H,24,27). The summed E-state index contributed by atoms with van der Waals surface area (Å²) in [6, 6.07) is 9.47. The Kier molecular flexibility index (Phi) is 6.79. The highest BCUT2D eigenvalue weighted by Crippen LogP contribution is 2.36. The summed E-state index contributed by atoms with van der Waals surface area (Å²) in [5, 5.41) is 4.20. The summed E-state index contributed by atoms with van der Waals surface area (Å²) < 4.78 is 6.73. The maximum Gasteiger partial charge on any atom is 0.267 e. The fourth-order valence-electron chi connectivity index (χ4n) is 4.01. The number of thioether (sulfide) groups is 1. The van der Waals surface area contributed by atoms with Crippen LogP contribution < -0.4 is 10.9 Å². The first-order valence-electron chi connectivity index (χ1n) is 10.5.